The number of nitrogens with one attached hydrogen (secondary N) is 1. The molecular formula is C22H21BrN2O4. The van der Waals surface area contributed by atoms with E-state index in [1.165, 1.54) is 12.0 Å². The van der Waals surface area contributed by atoms with Crippen molar-refractivity contribution in [3.63, 3.8) is 0 Å². The van der Waals surface area contributed by atoms with Crippen LogP contribution >= 0.6 is 15.9 Å². The summed E-state index contributed by atoms with van der Waals surface area (Å²) < 4.78 is 11.7. The van der Waals surface area contributed by atoms with E-state index in [1.54, 1.807) is 24.3 Å². The summed E-state index contributed by atoms with van der Waals surface area (Å²) in [5.74, 6) is 0.663. The zero-order chi connectivity index (χ0) is 21.0. The summed E-state index contributed by atoms with van der Waals surface area (Å²) in [5.41, 5.74) is 2.89. The van der Waals surface area contributed by atoms with Crippen molar-refractivity contribution < 1.29 is 19.1 Å². The first-order valence-electron chi connectivity index (χ1n) is 8.94. The molecule has 0 spiro atoms. The van der Waals surface area contributed by atoms with Crippen molar-refractivity contribution in [3.05, 3.63) is 75.9 Å². The van der Waals surface area contributed by atoms with Gasteiger partial charge >= 0.3 is 6.03 Å². The summed E-state index contributed by atoms with van der Waals surface area (Å²) in [5, 5.41) is 2.64. The summed E-state index contributed by atoms with van der Waals surface area (Å²) in [6, 6.07) is 10.8. The first kappa shape index (κ1) is 20.7. The minimum atomic E-state index is -0.446. The van der Waals surface area contributed by atoms with Crippen LogP contribution in [-0.4, -0.2) is 30.6 Å². The fourth-order valence-corrected chi connectivity index (χ4v) is 3.44. The van der Waals surface area contributed by atoms with Crippen molar-refractivity contribution in [2.75, 3.05) is 13.7 Å². The molecule has 0 unspecified atom stereocenters. The minimum Gasteiger partial charge on any atom is -0.493 e. The molecule has 0 saturated carbocycles. The van der Waals surface area contributed by atoms with Gasteiger partial charge < -0.3 is 14.8 Å². The van der Waals surface area contributed by atoms with Crippen LogP contribution in [0.5, 0.6) is 11.5 Å². The highest BCUT2D eigenvalue weighted by molar-refractivity contribution is 9.10. The lowest BCUT2D eigenvalue weighted by atomic mass is 10.1. The summed E-state index contributed by atoms with van der Waals surface area (Å²) in [7, 11) is 1.53. The fourth-order valence-electron chi connectivity index (χ4n) is 2.86. The number of halogens is 1. The maximum Gasteiger partial charge on any atom is 0.329 e. The first-order chi connectivity index (χ1) is 13.9. The van der Waals surface area contributed by atoms with Gasteiger partial charge in [0.05, 0.1) is 18.1 Å². The molecule has 3 amide bonds. The second-order valence-corrected chi connectivity index (χ2v) is 7.35. The highest BCUT2D eigenvalue weighted by Gasteiger charge is 2.33. The topological polar surface area (TPSA) is 67.9 Å². The Morgan fingerprint density at radius 3 is 2.59 bits per heavy atom. The molecule has 6 nitrogen and oxygen atoms in total. The Hall–Kier alpha value is -3.06. The second-order valence-electron chi connectivity index (χ2n) is 6.50. The van der Waals surface area contributed by atoms with Crippen LogP contribution in [0.3, 0.4) is 0 Å². The van der Waals surface area contributed by atoms with E-state index < -0.39 is 6.03 Å². The molecule has 1 aliphatic rings. The lowest BCUT2D eigenvalue weighted by Gasteiger charge is -2.13. The first-order valence-corrected chi connectivity index (χ1v) is 9.73. The number of hydrogen-bond donors (Lipinski definition) is 1. The van der Waals surface area contributed by atoms with Crippen molar-refractivity contribution in [2.45, 2.75) is 13.5 Å². The molecule has 150 valence electrons. The smallest absolute Gasteiger partial charge is 0.329 e. The number of carbonyl (C=O) groups excluding carboxylic acids is 2. The Bertz CT molecular complexity index is 983. The highest BCUT2D eigenvalue weighted by Crippen LogP contribution is 2.37. The van der Waals surface area contributed by atoms with Crippen LogP contribution in [0.2, 0.25) is 0 Å². The van der Waals surface area contributed by atoms with E-state index in [1.807, 2.05) is 31.2 Å². The quantitative estimate of drug-likeness (QED) is 0.380. The van der Waals surface area contributed by atoms with E-state index in [4.69, 9.17) is 9.47 Å². The SMILES string of the molecule is C=CCOc1c(Br)cc(/C=C2/NC(=O)N(Cc3ccc(C)cc3)C2=O)cc1OC. The molecule has 1 heterocycles. The number of benzene rings is 2. The van der Waals surface area contributed by atoms with Gasteiger partial charge in [0.2, 0.25) is 0 Å². The molecule has 0 bridgehead atoms. The van der Waals surface area contributed by atoms with E-state index in [9.17, 15) is 9.59 Å². The molecule has 1 N–H and O–H groups in total. The standard InChI is InChI=1S/C22H21BrN2O4/c1-4-9-29-20-17(23)10-16(12-19(20)28-3)11-18-21(26)25(22(27)24-18)13-15-7-5-14(2)6-8-15/h4-8,10-12H,1,9,13H2,2-3H3,(H,24,27)/b18-11+. The predicted molar refractivity (Wildman–Crippen MR) is 115 cm³/mol. The normalized spacial score (nSPS) is 14.9. The van der Waals surface area contributed by atoms with Crippen LogP contribution < -0.4 is 14.8 Å². The van der Waals surface area contributed by atoms with E-state index in [2.05, 4.69) is 27.8 Å². The average Bonchev–Trinajstić information content (AvgIpc) is 2.95. The number of nitrogens with zero attached hydrogens (tertiary/aromatic N) is 1. The van der Waals surface area contributed by atoms with Crippen molar-refractivity contribution in [3.8, 4) is 11.5 Å². The molecule has 0 aliphatic carbocycles. The molecule has 2 aromatic carbocycles. The molecule has 1 saturated heterocycles. The van der Waals surface area contributed by atoms with Gasteiger partial charge in [0.1, 0.15) is 12.3 Å². The molecule has 0 atom stereocenters. The molecule has 29 heavy (non-hydrogen) atoms. The number of ether oxygens (including phenoxy) is 2. The maximum atomic E-state index is 12.7. The van der Waals surface area contributed by atoms with Crippen LogP contribution in [0.25, 0.3) is 6.08 Å². The predicted octanol–water partition coefficient (Wildman–Crippen LogP) is 4.42. The van der Waals surface area contributed by atoms with Gasteiger partial charge in [0.15, 0.2) is 11.5 Å². The Labute approximate surface area is 177 Å². The monoisotopic (exact) mass is 456 g/mol. The fraction of sp³-hybridized carbons (Fsp3) is 0.182. The molecule has 0 radical (unpaired) electrons. The van der Waals surface area contributed by atoms with Gasteiger partial charge in [0, 0.05) is 0 Å². The number of imide groups is 1. The molecule has 7 heteroatoms. The zero-order valence-corrected chi connectivity index (χ0v) is 17.8. The highest BCUT2D eigenvalue weighted by atomic mass is 79.9. The number of hydrogen-bond acceptors (Lipinski definition) is 4. The lowest BCUT2D eigenvalue weighted by Crippen LogP contribution is -2.30. The summed E-state index contributed by atoms with van der Waals surface area (Å²) >= 11 is 3.46. The number of urea groups is 1. The van der Waals surface area contributed by atoms with Gasteiger partial charge in [-0.1, -0.05) is 42.5 Å². The molecule has 3 rings (SSSR count). The van der Waals surface area contributed by atoms with Gasteiger partial charge in [-0.2, -0.15) is 0 Å². The zero-order valence-electron chi connectivity index (χ0n) is 16.2. The summed E-state index contributed by atoms with van der Waals surface area (Å²) in [4.78, 5) is 26.2. The molecular weight excluding hydrogens is 436 g/mol. The molecule has 2 aromatic rings. The summed E-state index contributed by atoms with van der Waals surface area (Å²) in [6.07, 6.45) is 3.25. The Kier molecular flexibility index (Phi) is 6.39. The van der Waals surface area contributed by atoms with Gasteiger partial charge in [-0.3, -0.25) is 9.69 Å². The van der Waals surface area contributed by atoms with Crippen LogP contribution in [0.1, 0.15) is 16.7 Å². The van der Waals surface area contributed by atoms with Crippen molar-refractivity contribution in [1.29, 1.82) is 0 Å². The number of aryl methyl sites for hydroxylation is 1. The Morgan fingerprint density at radius 2 is 1.93 bits per heavy atom. The molecule has 1 aliphatic heterocycles. The third kappa shape index (κ3) is 4.68. The van der Waals surface area contributed by atoms with Crippen molar-refractivity contribution >= 4 is 33.9 Å². The molecule has 1 fully saturated rings. The van der Waals surface area contributed by atoms with Gasteiger partial charge in [-0.15, -0.1) is 0 Å². The number of carbonyl (C=O) groups is 2. The van der Waals surface area contributed by atoms with E-state index in [0.29, 0.717) is 28.1 Å². The Morgan fingerprint density at radius 1 is 1.21 bits per heavy atom. The second kappa shape index (κ2) is 8.96. The van der Waals surface area contributed by atoms with Gasteiger partial charge in [-0.25, -0.2) is 4.79 Å². The third-order valence-corrected chi connectivity index (χ3v) is 4.92. The number of amides is 3. The third-order valence-electron chi connectivity index (χ3n) is 4.33. The van der Waals surface area contributed by atoms with E-state index in [0.717, 1.165) is 11.1 Å². The van der Waals surface area contributed by atoms with Crippen LogP contribution in [0.4, 0.5) is 4.79 Å². The van der Waals surface area contributed by atoms with Crippen LogP contribution in [-0.2, 0) is 11.3 Å². The van der Waals surface area contributed by atoms with Crippen LogP contribution in [0.15, 0.2) is 59.2 Å². The maximum absolute atomic E-state index is 12.7. The van der Waals surface area contributed by atoms with Crippen LogP contribution in [0, 0.1) is 6.92 Å². The number of methoxy groups -OCH3 is 1. The van der Waals surface area contributed by atoms with E-state index in [-0.39, 0.29) is 18.1 Å². The number of rotatable bonds is 7. The van der Waals surface area contributed by atoms with Crippen molar-refractivity contribution in [1.82, 2.24) is 10.2 Å². The average molecular weight is 457 g/mol. The van der Waals surface area contributed by atoms with Crippen molar-refractivity contribution in [2.24, 2.45) is 0 Å². The lowest BCUT2D eigenvalue weighted by molar-refractivity contribution is -0.123. The van der Waals surface area contributed by atoms with Gasteiger partial charge in [-0.05, 0) is 52.2 Å². The largest absolute Gasteiger partial charge is 0.493 e. The Balaban J connectivity index is 1.84. The van der Waals surface area contributed by atoms with Gasteiger partial charge in [0.25, 0.3) is 5.91 Å². The summed E-state index contributed by atoms with van der Waals surface area (Å²) in [6.45, 7) is 6.16. The van der Waals surface area contributed by atoms with E-state index >= 15 is 0 Å². The minimum absolute atomic E-state index is 0.204. The molecule has 0 aromatic heterocycles.